The van der Waals surface area contributed by atoms with Crippen LogP contribution in [0.3, 0.4) is 0 Å². The predicted octanol–water partition coefficient (Wildman–Crippen LogP) is -2.59. The van der Waals surface area contributed by atoms with E-state index in [1.807, 2.05) is 20.8 Å². The first-order valence-corrected chi connectivity index (χ1v) is 27.5. The summed E-state index contributed by atoms with van der Waals surface area (Å²) in [6, 6.07) is 0. The molecule has 8 aliphatic rings. The first kappa shape index (κ1) is 60.9. The van der Waals surface area contributed by atoms with Gasteiger partial charge in [0, 0.05) is 0 Å². The van der Waals surface area contributed by atoms with Crippen molar-refractivity contribution >= 4 is 0 Å². The van der Waals surface area contributed by atoms with E-state index in [0.717, 1.165) is 24.8 Å². The molecule has 4 saturated heterocycles. The maximum absolute atomic E-state index is 12.7. The van der Waals surface area contributed by atoms with E-state index in [1.165, 1.54) is 0 Å². The van der Waals surface area contributed by atoms with E-state index in [9.17, 15) is 76.6 Å². The van der Waals surface area contributed by atoms with Crippen LogP contribution in [0.25, 0.3) is 0 Å². The van der Waals surface area contributed by atoms with E-state index < -0.39 is 178 Å². The van der Waals surface area contributed by atoms with Gasteiger partial charge in [0.05, 0.1) is 44.2 Å². The molecule has 0 unspecified atom stereocenters. The molecule has 4 aliphatic heterocycles. The Hall–Kier alpha value is -1.18. The highest BCUT2D eigenvalue weighted by atomic mass is 16.8. The van der Waals surface area contributed by atoms with E-state index >= 15 is 0 Å². The summed E-state index contributed by atoms with van der Waals surface area (Å²) in [6.07, 6.45) is -24.9. The Labute approximate surface area is 444 Å². The molecular formula is C53H90O23. The van der Waals surface area contributed by atoms with Gasteiger partial charge in [-0.25, -0.2) is 0 Å². The van der Waals surface area contributed by atoms with Crippen LogP contribution in [0.2, 0.25) is 0 Å². The minimum Gasteiger partial charge on any atom is -0.394 e. The van der Waals surface area contributed by atoms with Gasteiger partial charge in [0.1, 0.15) is 97.7 Å². The Bertz CT molecular complexity index is 1940. The fourth-order valence-electron chi connectivity index (χ4n) is 15.6. The third-order valence-corrected chi connectivity index (χ3v) is 20.3. The van der Waals surface area contributed by atoms with Crippen LogP contribution >= 0.6 is 0 Å². The average Bonchev–Trinajstić information content (AvgIpc) is 3.92. The van der Waals surface area contributed by atoms with Crippen LogP contribution in [0.15, 0.2) is 11.6 Å². The standard InChI is InChI=1S/C53H90O23/c1-22(2)9-8-14-53(7,76-48-44(68)40(64)37(61)31(73-48)21-69-46-42(66)38(62)34(58)28(18-54)70-46)25-13-16-52(6)33(25)27(57)17-26-23-10-11-32(50(3,4)24(23)12-15-51(26,52)5)74-49-45(41(65)36(60)30(20-56)72-49)75-47-43(67)39(63)35(59)29(19-55)71-47/h9,23-49,54-68H,8,10-21H2,1-7H3/t23-,24-,25-,26+,27+,28+,29+,30+,31+,32+,33-,34+,35+,36+,37+,38-,39-,40-,41-,42+,43+,44+,45+,46+,47-,48-,49-,51+,52+,53+/m1/s1. The van der Waals surface area contributed by atoms with Crippen molar-refractivity contribution in [3.63, 3.8) is 0 Å². The third kappa shape index (κ3) is 10.9. The molecule has 0 spiro atoms. The van der Waals surface area contributed by atoms with Crippen molar-refractivity contribution in [1.29, 1.82) is 0 Å². The summed E-state index contributed by atoms with van der Waals surface area (Å²) < 4.78 is 48.8. The van der Waals surface area contributed by atoms with Crippen molar-refractivity contribution in [2.24, 2.45) is 45.8 Å². The predicted molar refractivity (Wildman–Crippen MR) is 262 cm³/mol. The van der Waals surface area contributed by atoms with Crippen molar-refractivity contribution in [3.05, 3.63) is 11.6 Å². The van der Waals surface area contributed by atoms with Crippen molar-refractivity contribution in [2.75, 3.05) is 26.4 Å². The van der Waals surface area contributed by atoms with E-state index in [4.69, 9.17) is 37.9 Å². The zero-order chi connectivity index (χ0) is 55.7. The first-order valence-electron chi connectivity index (χ1n) is 27.5. The summed E-state index contributed by atoms with van der Waals surface area (Å²) in [6.45, 7) is 12.2. The van der Waals surface area contributed by atoms with Crippen LogP contribution in [-0.2, 0) is 37.9 Å². The van der Waals surface area contributed by atoms with Gasteiger partial charge in [0.15, 0.2) is 25.2 Å². The first-order chi connectivity index (χ1) is 35.7. The average molecular weight is 1100 g/mol. The Balaban J connectivity index is 0.992. The van der Waals surface area contributed by atoms with Crippen LogP contribution in [-0.4, -0.2) is 244 Å². The molecule has 4 heterocycles. The topological polar surface area (TPSA) is 377 Å². The zero-order valence-electron chi connectivity index (χ0n) is 44.8. The molecule has 0 aromatic rings. The van der Waals surface area contributed by atoms with Crippen molar-refractivity contribution in [1.82, 2.24) is 0 Å². The van der Waals surface area contributed by atoms with Crippen LogP contribution in [0.5, 0.6) is 0 Å². The van der Waals surface area contributed by atoms with Gasteiger partial charge < -0.3 is 114 Å². The molecule has 15 N–H and O–H groups in total. The van der Waals surface area contributed by atoms with Crippen LogP contribution < -0.4 is 0 Å². The number of ether oxygens (including phenoxy) is 8. The van der Waals surface area contributed by atoms with Gasteiger partial charge in [0.2, 0.25) is 0 Å². The number of fused-ring (bicyclic) bond motifs is 5. The Morgan fingerprint density at radius 1 is 0.553 bits per heavy atom. The summed E-state index contributed by atoms with van der Waals surface area (Å²) in [5, 5.41) is 161. The Morgan fingerprint density at radius 2 is 1.07 bits per heavy atom. The third-order valence-electron chi connectivity index (χ3n) is 20.3. The number of aliphatic hydroxyl groups excluding tert-OH is 15. The molecule has 0 amide bonds. The normalized spacial score (nSPS) is 52.2. The molecule has 440 valence electrons. The van der Waals surface area contributed by atoms with Crippen LogP contribution in [0, 0.1) is 45.8 Å². The summed E-state index contributed by atoms with van der Waals surface area (Å²) in [4.78, 5) is 0. The quantitative estimate of drug-likeness (QED) is 0.0557. The molecule has 0 aromatic carbocycles. The van der Waals surface area contributed by atoms with Crippen molar-refractivity contribution < 1.29 is 114 Å². The monoisotopic (exact) mass is 1090 g/mol. The summed E-state index contributed by atoms with van der Waals surface area (Å²) in [5.74, 6) is -0.182. The van der Waals surface area contributed by atoms with Gasteiger partial charge in [-0.3, -0.25) is 0 Å². The molecule has 4 saturated carbocycles. The molecule has 23 nitrogen and oxygen atoms in total. The SMILES string of the molecule is CC(C)=CCC[C@](C)(O[C@H]1O[C@@H](CO[C@H]2O[C@@H](CO)[C@H](O)[C@@H](O)[C@@H]2O)[C@H](O)[C@@H](O)[C@@H]1O)[C@@H]1CC[C@@]2(C)[C@H]1[C@@H](O)C[C@H]1[C@@H]3CC[C@H](O[C@H]4O[C@@H](CO)[C@H](O)[C@@H](O)[C@@H]4O[C@H]4O[C@@H](CO)[C@H](O)[C@@H](O)[C@@H]4O)C(C)(C)[C@@H]3CC[C@@]12C. The van der Waals surface area contributed by atoms with Gasteiger partial charge in [-0.2, -0.15) is 0 Å². The highest BCUT2D eigenvalue weighted by Gasteiger charge is 2.70. The van der Waals surface area contributed by atoms with Gasteiger partial charge >= 0.3 is 0 Å². The second-order valence-corrected chi connectivity index (χ2v) is 25.0. The van der Waals surface area contributed by atoms with Gasteiger partial charge in [-0.1, -0.05) is 39.3 Å². The molecule has 76 heavy (non-hydrogen) atoms. The molecule has 30 atom stereocenters. The Morgan fingerprint density at radius 3 is 1.66 bits per heavy atom. The fourth-order valence-corrected chi connectivity index (χ4v) is 15.6. The maximum Gasteiger partial charge on any atom is 0.187 e. The van der Waals surface area contributed by atoms with Crippen molar-refractivity contribution in [3.8, 4) is 0 Å². The van der Waals surface area contributed by atoms with Crippen LogP contribution in [0.1, 0.15) is 106 Å². The molecule has 8 rings (SSSR count). The molecule has 23 heteroatoms. The minimum atomic E-state index is -1.81. The van der Waals surface area contributed by atoms with Crippen molar-refractivity contribution in [2.45, 2.75) is 247 Å². The summed E-state index contributed by atoms with van der Waals surface area (Å²) >= 11 is 0. The lowest BCUT2D eigenvalue weighted by Crippen LogP contribution is -2.66. The second-order valence-electron chi connectivity index (χ2n) is 25.0. The molecule has 0 radical (unpaired) electrons. The number of allylic oxidation sites excluding steroid dienone is 2. The smallest absolute Gasteiger partial charge is 0.187 e. The van der Waals surface area contributed by atoms with Gasteiger partial charge in [-0.05, 0) is 124 Å². The molecular weight excluding hydrogens is 1000 g/mol. The number of hydrogen-bond donors (Lipinski definition) is 15. The molecule has 8 fully saturated rings. The van der Waals surface area contributed by atoms with E-state index in [0.29, 0.717) is 38.5 Å². The summed E-state index contributed by atoms with van der Waals surface area (Å²) in [7, 11) is 0. The second kappa shape index (κ2) is 23.6. The van der Waals surface area contributed by atoms with E-state index in [1.54, 1.807) is 0 Å². The van der Waals surface area contributed by atoms with Crippen LogP contribution in [0.4, 0.5) is 0 Å². The van der Waals surface area contributed by atoms with E-state index in [-0.39, 0.29) is 35.0 Å². The lowest BCUT2D eigenvalue weighted by molar-refractivity contribution is -0.377. The van der Waals surface area contributed by atoms with E-state index in [2.05, 4.69) is 33.8 Å². The van der Waals surface area contributed by atoms with Gasteiger partial charge in [-0.15, -0.1) is 0 Å². The largest absolute Gasteiger partial charge is 0.394 e. The zero-order valence-corrected chi connectivity index (χ0v) is 44.8. The highest BCUT2D eigenvalue weighted by Crippen LogP contribution is 2.73. The summed E-state index contributed by atoms with van der Waals surface area (Å²) in [5.41, 5.74) is -1.16. The molecule has 0 aromatic heterocycles. The number of aliphatic hydroxyl groups is 15. The lowest BCUT2D eigenvalue weighted by Gasteiger charge is -2.67. The Kier molecular flexibility index (Phi) is 18.9. The minimum absolute atomic E-state index is 0.0906. The molecule has 0 bridgehead atoms. The highest BCUT2D eigenvalue weighted by molar-refractivity contribution is 5.18. The van der Waals surface area contributed by atoms with Gasteiger partial charge in [0.25, 0.3) is 0 Å². The number of hydrogen-bond acceptors (Lipinski definition) is 23. The number of rotatable bonds is 16. The molecule has 4 aliphatic carbocycles. The lowest BCUT2D eigenvalue weighted by atomic mass is 9.39. The maximum atomic E-state index is 12.7. The fraction of sp³-hybridized carbons (Fsp3) is 0.962.